The number of nitrogens with zero attached hydrogens (tertiary/aromatic N) is 3. The number of rotatable bonds is 4. The van der Waals surface area contributed by atoms with Crippen molar-refractivity contribution in [3.05, 3.63) is 47.9 Å². The van der Waals surface area contributed by atoms with E-state index >= 15 is 0 Å². The zero-order chi connectivity index (χ0) is 18.3. The number of methoxy groups -OCH3 is 2. The molecule has 0 aliphatic carbocycles. The van der Waals surface area contributed by atoms with Gasteiger partial charge in [-0.05, 0) is 43.5 Å². The summed E-state index contributed by atoms with van der Waals surface area (Å²) < 4.78 is 12.7. The fourth-order valence-corrected chi connectivity index (χ4v) is 3.79. The SMILES string of the molecule is COc1ccc(C[C@H]2C[C@@H](C)n3c(nc4cccnc43)C2=O)c(OC)c1. The second kappa shape index (κ2) is 6.44. The number of hydrogen-bond acceptors (Lipinski definition) is 5. The molecule has 2 aromatic heterocycles. The van der Waals surface area contributed by atoms with Crippen molar-refractivity contribution in [2.45, 2.75) is 25.8 Å². The summed E-state index contributed by atoms with van der Waals surface area (Å²) in [6, 6.07) is 9.62. The van der Waals surface area contributed by atoms with Crippen molar-refractivity contribution in [1.29, 1.82) is 0 Å². The molecule has 1 aromatic carbocycles. The second-order valence-corrected chi connectivity index (χ2v) is 6.68. The first-order valence-electron chi connectivity index (χ1n) is 8.70. The summed E-state index contributed by atoms with van der Waals surface area (Å²) in [5, 5.41) is 0. The normalized spacial score (nSPS) is 19.4. The van der Waals surface area contributed by atoms with Crippen molar-refractivity contribution in [2.24, 2.45) is 5.92 Å². The quantitative estimate of drug-likeness (QED) is 0.720. The van der Waals surface area contributed by atoms with E-state index in [0.717, 1.165) is 34.6 Å². The minimum atomic E-state index is -0.128. The number of benzene rings is 1. The first kappa shape index (κ1) is 16.6. The Labute approximate surface area is 151 Å². The topological polar surface area (TPSA) is 66.2 Å². The van der Waals surface area contributed by atoms with Gasteiger partial charge in [0, 0.05) is 24.2 Å². The molecule has 0 spiro atoms. The van der Waals surface area contributed by atoms with Crippen molar-refractivity contribution in [3.63, 3.8) is 0 Å². The molecule has 2 atom stereocenters. The highest BCUT2D eigenvalue weighted by Crippen LogP contribution is 2.35. The maximum atomic E-state index is 13.1. The number of Topliss-reactive ketones (excluding diaryl/α,β-unsaturated/α-hetero) is 1. The molecule has 0 fully saturated rings. The van der Waals surface area contributed by atoms with E-state index in [9.17, 15) is 4.79 Å². The zero-order valence-electron chi connectivity index (χ0n) is 15.1. The van der Waals surface area contributed by atoms with E-state index in [0.29, 0.717) is 12.2 Å². The highest BCUT2D eigenvalue weighted by atomic mass is 16.5. The van der Waals surface area contributed by atoms with Crippen LogP contribution in [0.15, 0.2) is 36.5 Å². The largest absolute Gasteiger partial charge is 0.497 e. The number of ketones is 1. The number of hydrogen-bond donors (Lipinski definition) is 0. The number of pyridine rings is 1. The molecule has 6 heteroatoms. The lowest BCUT2D eigenvalue weighted by atomic mass is 9.86. The Morgan fingerprint density at radius 2 is 2.08 bits per heavy atom. The Morgan fingerprint density at radius 3 is 2.85 bits per heavy atom. The fourth-order valence-electron chi connectivity index (χ4n) is 3.79. The molecule has 26 heavy (non-hydrogen) atoms. The van der Waals surface area contributed by atoms with Crippen LogP contribution in [0.3, 0.4) is 0 Å². The van der Waals surface area contributed by atoms with E-state index in [1.807, 2.05) is 34.9 Å². The number of carbonyl (C=O) groups excluding carboxylic acids is 1. The monoisotopic (exact) mass is 351 g/mol. The molecule has 0 bridgehead atoms. The van der Waals surface area contributed by atoms with Crippen LogP contribution in [0.25, 0.3) is 11.2 Å². The molecule has 3 aromatic rings. The summed E-state index contributed by atoms with van der Waals surface area (Å²) in [6.45, 7) is 2.12. The van der Waals surface area contributed by atoms with Gasteiger partial charge < -0.3 is 14.0 Å². The van der Waals surface area contributed by atoms with Crippen LogP contribution >= 0.6 is 0 Å². The van der Waals surface area contributed by atoms with Gasteiger partial charge in [-0.3, -0.25) is 4.79 Å². The third-order valence-corrected chi connectivity index (χ3v) is 5.07. The average Bonchev–Trinajstić information content (AvgIpc) is 3.06. The van der Waals surface area contributed by atoms with Crippen molar-refractivity contribution in [3.8, 4) is 11.5 Å². The van der Waals surface area contributed by atoms with E-state index < -0.39 is 0 Å². The first-order valence-corrected chi connectivity index (χ1v) is 8.70. The molecule has 134 valence electrons. The lowest BCUT2D eigenvalue weighted by Gasteiger charge is -2.28. The number of fused-ring (bicyclic) bond motifs is 3. The Hall–Kier alpha value is -2.89. The molecule has 0 saturated heterocycles. The average molecular weight is 351 g/mol. The molecule has 0 saturated carbocycles. The lowest BCUT2D eigenvalue weighted by molar-refractivity contribution is 0.0855. The molecule has 3 heterocycles. The summed E-state index contributed by atoms with van der Waals surface area (Å²) in [7, 11) is 3.26. The number of ether oxygens (including phenoxy) is 2. The minimum absolute atomic E-state index is 0.0685. The standard InChI is InChI=1S/C20H21N3O3/c1-12-9-14(10-13-6-7-15(25-2)11-17(13)26-3)18(24)20-22-16-5-4-8-21-19(16)23(12)20/h4-8,11-12,14H,9-10H2,1-3H3/t12-,14-/m1/s1. The van der Waals surface area contributed by atoms with Crippen molar-refractivity contribution in [2.75, 3.05) is 14.2 Å². The Kier molecular flexibility index (Phi) is 4.11. The van der Waals surface area contributed by atoms with Crippen LogP contribution < -0.4 is 9.47 Å². The van der Waals surface area contributed by atoms with Crippen molar-refractivity contribution >= 4 is 16.9 Å². The van der Waals surface area contributed by atoms with Gasteiger partial charge in [-0.15, -0.1) is 0 Å². The van der Waals surface area contributed by atoms with Gasteiger partial charge in [0.15, 0.2) is 11.5 Å². The van der Waals surface area contributed by atoms with Crippen LogP contribution in [-0.2, 0) is 6.42 Å². The first-order chi connectivity index (χ1) is 12.6. The molecular formula is C20H21N3O3. The van der Waals surface area contributed by atoms with Gasteiger partial charge in [0.2, 0.25) is 5.78 Å². The van der Waals surface area contributed by atoms with Crippen LogP contribution in [0.5, 0.6) is 11.5 Å². The maximum absolute atomic E-state index is 13.1. The van der Waals surface area contributed by atoms with Gasteiger partial charge in [-0.25, -0.2) is 9.97 Å². The molecular weight excluding hydrogens is 330 g/mol. The third-order valence-electron chi connectivity index (χ3n) is 5.07. The maximum Gasteiger partial charge on any atom is 0.201 e. The van der Waals surface area contributed by atoms with Crippen LogP contribution in [0, 0.1) is 5.92 Å². The van der Waals surface area contributed by atoms with Gasteiger partial charge in [0.05, 0.1) is 14.2 Å². The second-order valence-electron chi connectivity index (χ2n) is 6.68. The zero-order valence-corrected chi connectivity index (χ0v) is 15.1. The highest BCUT2D eigenvalue weighted by molar-refractivity contribution is 5.98. The number of carbonyl (C=O) groups is 1. The minimum Gasteiger partial charge on any atom is -0.497 e. The third kappa shape index (κ3) is 2.62. The summed E-state index contributed by atoms with van der Waals surface area (Å²) >= 11 is 0. The molecule has 1 aliphatic rings. The van der Waals surface area contributed by atoms with Gasteiger partial charge in [-0.1, -0.05) is 6.07 Å². The fraction of sp³-hybridized carbons (Fsp3) is 0.350. The van der Waals surface area contributed by atoms with E-state index in [1.165, 1.54) is 0 Å². The van der Waals surface area contributed by atoms with E-state index in [-0.39, 0.29) is 17.7 Å². The van der Waals surface area contributed by atoms with Crippen LogP contribution in [-0.4, -0.2) is 34.5 Å². The molecule has 0 radical (unpaired) electrons. The van der Waals surface area contributed by atoms with Gasteiger partial charge in [0.25, 0.3) is 0 Å². The van der Waals surface area contributed by atoms with Crippen molar-refractivity contribution in [1.82, 2.24) is 14.5 Å². The molecule has 0 unspecified atom stereocenters. The van der Waals surface area contributed by atoms with E-state index in [2.05, 4.69) is 16.9 Å². The summed E-state index contributed by atoms with van der Waals surface area (Å²) in [5.41, 5.74) is 2.55. The smallest absolute Gasteiger partial charge is 0.201 e. The van der Waals surface area contributed by atoms with Crippen LogP contribution in [0.2, 0.25) is 0 Å². The summed E-state index contributed by atoms with van der Waals surface area (Å²) in [6.07, 6.45) is 3.11. The van der Waals surface area contributed by atoms with Gasteiger partial charge >= 0.3 is 0 Å². The lowest BCUT2D eigenvalue weighted by Crippen LogP contribution is -2.31. The van der Waals surface area contributed by atoms with E-state index in [4.69, 9.17) is 9.47 Å². The Bertz CT molecular complexity index is 980. The predicted molar refractivity (Wildman–Crippen MR) is 97.9 cm³/mol. The van der Waals surface area contributed by atoms with Crippen molar-refractivity contribution < 1.29 is 14.3 Å². The Balaban J connectivity index is 1.69. The van der Waals surface area contributed by atoms with Gasteiger partial charge in [-0.2, -0.15) is 0 Å². The van der Waals surface area contributed by atoms with Crippen LogP contribution in [0.4, 0.5) is 0 Å². The number of aromatic nitrogens is 3. The molecule has 1 aliphatic heterocycles. The van der Waals surface area contributed by atoms with Crippen LogP contribution in [0.1, 0.15) is 35.6 Å². The molecule has 6 nitrogen and oxygen atoms in total. The van der Waals surface area contributed by atoms with Gasteiger partial charge in [0.1, 0.15) is 17.0 Å². The Morgan fingerprint density at radius 1 is 1.23 bits per heavy atom. The molecule has 0 N–H and O–H groups in total. The molecule has 4 rings (SSSR count). The predicted octanol–water partition coefficient (Wildman–Crippen LogP) is 3.45. The van der Waals surface area contributed by atoms with E-state index in [1.54, 1.807) is 20.4 Å². The number of imidazole rings is 1. The molecule has 0 amide bonds. The summed E-state index contributed by atoms with van der Waals surface area (Å²) in [5.74, 6) is 1.93. The highest BCUT2D eigenvalue weighted by Gasteiger charge is 2.35. The summed E-state index contributed by atoms with van der Waals surface area (Å²) in [4.78, 5) is 22.0.